The zero-order valence-corrected chi connectivity index (χ0v) is 19.9. The normalized spacial score (nSPS) is 25.9. The molecule has 0 N–H and O–H groups in total. The van der Waals surface area contributed by atoms with E-state index in [1.807, 2.05) is 0 Å². The number of allylic oxidation sites excluding steroid dienone is 2. The van der Waals surface area contributed by atoms with Crippen LogP contribution in [0.15, 0.2) is 30.4 Å². The molecule has 2 fully saturated rings. The number of carbonyl (C=O) groups is 1. The zero-order chi connectivity index (χ0) is 24.6. The average molecular weight is 485 g/mol. The van der Waals surface area contributed by atoms with Crippen LogP contribution in [0.5, 0.6) is 11.5 Å². The lowest BCUT2D eigenvalue weighted by molar-refractivity contribution is -0.275. The highest BCUT2D eigenvalue weighted by Crippen LogP contribution is 2.35. The van der Waals surface area contributed by atoms with Crippen LogP contribution >= 0.6 is 0 Å². The van der Waals surface area contributed by atoms with E-state index in [2.05, 4.69) is 23.8 Å². The second kappa shape index (κ2) is 12.6. The van der Waals surface area contributed by atoms with Crippen molar-refractivity contribution in [3.8, 4) is 11.5 Å². The second-order valence-corrected chi connectivity index (χ2v) is 9.83. The maximum absolute atomic E-state index is 13.8. The van der Waals surface area contributed by atoms with Gasteiger partial charge in [0.2, 0.25) is 0 Å². The summed E-state index contributed by atoms with van der Waals surface area (Å²) < 4.78 is 59.4. The number of esters is 1. The van der Waals surface area contributed by atoms with E-state index in [9.17, 15) is 22.4 Å². The van der Waals surface area contributed by atoms with E-state index >= 15 is 0 Å². The van der Waals surface area contributed by atoms with E-state index in [0.29, 0.717) is 24.7 Å². The Labute approximate surface area is 199 Å². The van der Waals surface area contributed by atoms with Crippen LogP contribution in [0.25, 0.3) is 0 Å². The minimum atomic E-state index is -4.99. The molecule has 1 aromatic carbocycles. The quantitative estimate of drug-likeness (QED) is 0.116. The molecular weight excluding hydrogens is 448 g/mol. The van der Waals surface area contributed by atoms with Gasteiger partial charge in [-0.05, 0) is 81.3 Å². The van der Waals surface area contributed by atoms with Crippen LogP contribution in [0.4, 0.5) is 17.6 Å². The molecule has 7 heteroatoms. The van der Waals surface area contributed by atoms with Gasteiger partial charge in [-0.2, -0.15) is 0 Å². The van der Waals surface area contributed by atoms with E-state index in [-0.39, 0.29) is 11.7 Å². The van der Waals surface area contributed by atoms with Gasteiger partial charge in [0, 0.05) is 6.07 Å². The standard InChI is InChI=1S/C27H36F4O3/c1-2-3-4-5-19-6-8-20(9-7-19)10-11-21-12-14-22(15-13-21)26(32)33-23-16-17-25(24(28)18-23)34-27(29,30)31/h10-11,16-22H,2-9,12-15H2,1H3/t19-,20-,21-,22-. The van der Waals surface area contributed by atoms with Crippen LogP contribution in [0.1, 0.15) is 84.0 Å². The molecule has 0 atom stereocenters. The molecule has 2 aliphatic rings. The third kappa shape index (κ3) is 8.62. The summed E-state index contributed by atoms with van der Waals surface area (Å²) in [7, 11) is 0. The zero-order valence-electron chi connectivity index (χ0n) is 19.9. The van der Waals surface area contributed by atoms with Gasteiger partial charge < -0.3 is 9.47 Å². The Morgan fingerprint density at radius 3 is 2.15 bits per heavy atom. The van der Waals surface area contributed by atoms with Crippen LogP contribution in [0, 0.1) is 29.5 Å². The van der Waals surface area contributed by atoms with Gasteiger partial charge in [-0.3, -0.25) is 4.79 Å². The number of halogens is 4. The molecule has 190 valence electrons. The third-order valence-electron chi connectivity index (χ3n) is 7.22. The summed E-state index contributed by atoms with van der Waals surface area (Å²) in [5.74, 6) is -1.02. The molecule has 2 saturated carbocycles. The Morgan fingerprint density at radius 2 is 1.59 bits per heavy atom. The van der Waals surface area contributed by atoms with Crippen LogP contribution < -0.4 is 9.47 Å². The number of benzene rings is 1. The minimum absolute atomic E-state index is 0.121. The van der Waals surface area contributed by atoms with Gasteiger partial charge in [0.15, 0.2) is 11.6 Å². The number of hydrogen-bond donors (Lipinski definition) is 0. The fourth-order valence-corrected chi connectivity index (χ4v) is 5.17. The Kier molecular flexibility index (Phi) is 9.84. The van der Waals surface area contributed by atoms with Crippen molar-refractivity contribution in [1.82, 2.24) is 0 Å². The first-order chi connectivity index (χ1) is 16.2. The van der Waals surface area contributed by atoms with Gasteiger partial charge in [-0.15, -0.1) is 13.2 Å². The van der Waals surface area contributed by atoms with Crippen LogP contribution in [-0.4, -0.2) is 12.3 Å². The SMILES string of the molecule is CCCCC[C@H]1CC[C@H](C=C[C@H]2CC[C@H](C(=O)Oc3ccc(OC(F)(F)F)c(F)c3)CC2)CC1. The molecule has 0 aliphatic heterocycles. The fourth-order valence-electron chi connectivity index (χ4n) is 5.17. The third-order valence-corrected chi connectivity index (χ3v) is 7.22. The van der Waals surface area contributed by atoms with E-state index < -0.39 is 23.9 Å². The molecule has 3 rings (SSSR count). The van der Waals surface area contributed by atoms with E-state index in [1.165, 1.54) is 51.4 Å². The Hall–Kier alpha value is -2.05. The molecule has 0 bridgehead atoms. The van der Waals surface area contributed by atoms with Gasteiger partial charge in [0.25, 0.3) is 0 Å². The fraction of sp³-hybridized carbons (Fsp3) is 0.667. The molecular formula is C27H36F4O3. The van der Waals surface area contributed by atoms with Gasteiger partial charge >= 0.3 is 12.3 Å². The van der Waals surface area contributed by atoms with E-state index in [1.54, 1.807) is 0 Å². The molecule has 0 unspecified atom stereocenters. The van der Waals surface area contributed by atoms with Gasteiger partial charge in [-0.1, -0.05) is 44.8 Å². The molecule has 34 heavy (non-hydrogen) atoms. The highest BCUT2D eigenvalue weighted by molar-refractivity contribution is 5.75. The number of hydrogen-bond acceptors (Lipinski definition) is 3. The summed E-state index contributed by atoms with van der Waals surface area (Å²) in [5, 5.41) is 0. The summed E-state index contributed by atoms with van der Waals surface area (Å²) >= 11 is 0. The smallest absolute Gasteiger partial charge is 0.426 e. The maximum Gasteiger partial charge on any atom is 0.573 e. The lowest BCUT2D eigenvalue weighted by Crippen LogP contribution is -2.25. The number of ether oxygens (including phenoxy) is 2. The first kappa shape index (κ1) is 26.6. The summed E-state index contributed by atoms with van der Waals surface area (Å²) in [5.41, 5.74) is 0. The molecule has 0 heterocycles. The largest absolute Gasteiger partial charge is 0.573 e. The van der Waals surface area contributed by atoms with Crippen LogP contribution in [-0.2, 0) is 4.79 Å². The number of unbranched alkanes of at least 4 members (excludes halogenated alkanes) is 2. The van der Waals surface area contributed by atoms with Crippen molar-refractivity contribution in [3.63, 3.8) is 0 Å². The van der Waals surface area contributed by atoms with E-state index in [4.69, 9.17) is 4.74 Å². The lowest BCUT2D eigenvalue weighted by Gasteiger charge is -2.28. The Bertz CT molecular complexity index is 805. The summed E-state index contributed by atoms with van der Waals surface area (Å²) in [4.78, 5) is 12.5. The molecule has 2 aliphatic carbocycles. The Morgan fingerprint density at radius 1 is 0.971 bits per heavy atom. The summed E-state index contributed by atoms with van der Waals surface area (Å²) in [6.45, 7) is 2.25. The average Bonchev–Trinajstić information content (AvgIpc) is 2.80. The lowest BCUT2D eigenvalue weighted by atomic mass is 9.78. The predicted molar refractivity (Wildman–Crippen MR) is 123 cm³/mol. The highest BCUT2D eigenvalue weighted by atomic mass is 19.4. The van der Waals surface area contributed by atoms with Crippen molar-refractivity contribution in [3.05, 3.63) is 36.2 Å². The van der Waals surface area contributed by atoms with E-state index in [0.717, 1.165) is 37.0 Å². The first-order valence-electron chi connectivity index (χ1n) is 12.7. The molecule has 0 spiro atoms. The summed E-state index contributed by atoms with van der Waals surface area (Å²) in [6.07, 6.45) is 13.5. The maximum atomic E-state index is 13.8. The molecule has 0 radical (unpaired) electrons. The predicted octanol–water partition coefficient (Wildman–Crippen LogP) is 8.38. The van der Waals surface area contributed by atoms with Crippen LogP contribution in [0.2, 0.25) is 0 Å². The molecule has 0 aromatic heterocycles. The Balaban J connectivity index is 1.38. The van der Waals surface area contributed by atoms with Crippen molar-refractivity contribution in [1.29, 1.82) is 0 Å². The second-order valence-electron chi connectivity index (χ2n) is 9.83. The molecule has 3 nitrogen and oxygen atoms in total. The minimum Gasteiger partial charge on any atom is -0.426 e. The van der Waals surface area contributed by atoms with Crippen molar-refractivity contribution < 1.29 is 31.8 Å². The number of rotatable bonds is 9. The van der Waals surface area contributed by atoms with Crippen molar-refractivity contribution in [2.24, 2.45) is 23.7 Å². The monoisotopic (exact) mass is 484 g/mol. The van der Waals surface area contributed by atoms with Crippen LogP contribution in [0.3, 0.4) is 0 Å². The van der Waals surface area contributed by atoms with Crippen molar-refractivity contribution >= 4 is 5.97 Å². The number of carbonyl (C=O) groups excluding carboxylic acids is 1. The number of alkyl halides is 3. The van der Waals surface area contributed by atoms with Gasteiger partial charge in [0.1, 0.15) is 5.75 Å². The van der Waals surface area contributed by atoms with Gasteiger partial charge in [0.05, 0.1) is 5.92 Å². The highest BCUT2D eigenvalue weighted by Gasteiger charge is 2.33. The van der Waals surface area contributed by atoms with Crippen molar-refractivity contribution in [2.75, 3.05) is 0 Å². The van der Waals surface area contributed by atoms with Gasteiger partial charge in [-0.25, -0.2) is 4.39 Å². The van der Waals surface area contributed by atoms with Crippen molar-refractivity contribution in [2.45, 2.75) is 90.3 Å². The molecule has 0 amide bonds. The topological polar surface area (TPSA) is 35.5 Å². The first-order valence-corrected chi connectivity index (χ1v) is 12.7. The summed E-state index contributed by atoms with van der Waals surface area (Å²) in [6, 6.07) is 2.66. The molecule has 1 aromatic rings. The molecule has 0 saturated heterocycles.